The molecule has 1 atom stereocenters. The third-order valence-electron chi connectivity index (χ3n) is 5.18. The molecule has 6 nitrogen and oxygen atoms in total. The highest BCUT2D eigenvalue weighted by Crippen LogP contribution is 2.19. The molecule has 0 saturated heterocycles. The first-order chi connectivity index (χ1) is 16.0. The van der Waals surface area contributed by atoms with E-state index in [-0.39, 0.29) is 18.0 Å². The Kier molecular flexibility index (Phi) is 11.9. The van der Waals surface area contributed by atoms with Crippen LogP contribution in [-0.2, 0) is 20.7 Å². The van der Waals surface area contributed by atoms with Crippen LogP contribution in [0.4, 0.5) is 0 Å². The van der Waals surface area contributed by atoms with E-state index in [9.17, 15) is 9.59 Å². The fourth-order valence-corrected chi connectivity index (χ4v) is 3.18. The summed E-state index contributed by atoms with van der Waals surface area (Å²) in [6, 6.07) is 7.98. The van der Waals surface area contributed by atoms with E-state index in [0.717, 1.165) is 43.2 Å². The van der Waals surface area contributed by atoms with Crippen LogP contribution < -0.4 is 4.74 Å². The molecule has 0 bridgehead atoms. The second kappa shape index (κ2) is 14.9. The second-order valence-corrected chi connectivity index (χ2v) is 8.11. The lowest BCUT2D eigenvalue weighted by Crippen LogP contribution is -2.14. The fraction of sp³-hybridized carbons (Fsp3) is 0.481. The van der Waals surface area contributed by atoms with Crippen LogP contribution in [0, 0.1) is 0 Å². The summed E-state index contributed by atoms with van der Waals surface area (Å²) in [4.78, 5) is 32.0. The highest BCUT2D eigenvalue weighted by atomic mass is 16.5. The maximum atomic E-state index is 12.0. The summed E-state index contributed by atoms with van der Waals surface area (Å²) in [5.41, 5.74) is 2.04. The molecule has 0 fully saturated rings. The molecule has 1 aromatic carbocycles. The minimum absolute atomic E-state index is 0.0991. The fourth-order valence-electron chi connectivity index (χ4n) is 3.18. The van der Waals surface area contributed by atoms with Gasteiger partial charge < -0.3 is 9.47 Å². The molecule has 0 aliphatic carbocycles. The minimum Gasteiger partial charge on any atom is -0.463 e. The number of aryl methyl sites for hydroxylation is 1. The number of carbonyl (C=O) groups excluding carboxylic acids is 2. The molecule has 0 amide bonds. The Morgan fingerprint density at radius 2 is 1.64 bits per heavy atom. The molecule has 0 radical (unpaired) electrons. The number of nitrogens with zero attached hydrogens (tertiary/aromatic N) is 2. The summed E-state index contributed by atoms with van der Waals surface area (Å²) in [7, 11) is 0. The molecule has 0 N–H and O–H groups in total. The van der Waals surface area contributed by atoms with E-state index in [4.69, 9.17) is 9.47 Å². The average molecular weight is 453 g/mol. The van der Waals surface area contributed by atoms with Gasteiger partial charge in [-0.15, -0.1) is 0 Å². The van der Waals surface area contributed by atoms with Gasteiger partial charge in [-0.05, 0) is 44.6 Å². The Balaban J connectivity index is 1.77. The highest BCUT2D eigenvalue weighted by molar-refractivity contribution is 5.72. The van der Waals surface area contributed by atoms with Crippen molar-refractivity contribution >= 4 is 11.9 Å². The lowest BCUT2D eigenvalue weighted by atomic mass is 10.1. The molecule has 2 rings (SSSR count). The SMILES string of the molecule is CCCC/C=C\CCCC(=O)Oc1cnc(-c2ccc(CCC(C)OC(=O)CC)cc2)nc1. The highest BCUT2D eigenvalue weighted by Gasteiger charge is 2.09. The molecular formula is C27H36N2O4. The van der Waals surface area contributed by atoms with Gasteiger partial charge in [-0.1, -0.05) is 63.1 Å². The standard InChI is InChI=1S/C27H36N2O4/c1-4-6-7-8-9-10-11-12-26(31)33-24-19-28-27(29-20-24)23-17-15-22(16-18-23)14-13-21(3)32-25(30)5-2/h8-9,15-21H,4-7,10-14H2,1-3H3/b9-8-. The molecule has 0 aliphatic heterocycles. The van der Waals surface area contributed by atoms with E-state index in [1.54, 1.807) is 6.92 Å². The molecule has 178 valence electrons. The average Bonchev–Trinajstić information content (AvgIpc) is 2.83. The number of aromatic nitrogens is 2. The summed E-state index contributed by atoms with van der Waals surface area (Å²) in [5.74, 6) is 0.494. The monoisotopic (exact) mass is 452 g/mol. The van der Waals surface area contributed by atoms with Crippen LogP contribution in [0.25, 0.3) is 11.4 Å². The van der Waals surface area contributed by atoms with Crippen molar-refractivity contribution in [2.45, 2.75) is 84.7 Å². The molecule has 33 heavy (non-hydrogen) atoms. The normalized spacial score (nSPS) is 12.0. The number of unbranched alkanes of at least 4 members (excludes halogenated alkanes) is 3. The first-order valence-electron chi connectivity index (χ1n) is 12.0. The predicted octanol–water partition coefficient (Wildman–Crippen LogP) is 6.24. The molecule has 0 aliphatic rings. The van der Waals surface area contributed by atoms with Gasteiger partial charge in [0.1, 0.15) is 0 Å². The molecule has 1 aromatic heterocycles. The van der Waals surface area contributed by atoms with Gasteiger partial charge in [-0.25, -0.2) is 9.97 Å². The third kappa shape index (κ3) is 10.4. The summed E-state index contributed by atoms with van der Waals surface area (Å²) in [5, 5.41) is 0. The van der Waals surface area contributed by atoms with E-state index in [0.29, 0.717) is 24.4 Å². The largest absolute Gasteiger partial charge is 0.463 e. The number of hydrogen-bond donors (Lipinski definition) is 0. The van der Waals surface area contributed by atoms with E-state index >= 15 is 0 Å². The van der Waals surface area contributed by atoms with Crippen molar-refractivity contribution in [3.8, 4) is 17.1 Å². The van der Waals surface area contributed by atoms with Crippen LogP contribution in [0.2, 0.25) is 0 Å². The van der Waals surface area contributed by atoms with Crippen molar-refractivity contribution in [3.05, 3.63) is 54.4 Å². The van der Waals surface area contributed by atoms with Gasteiger partial charge in [0.2, 0.25) is 0 Å². The number of carbonyl (C=O) groups is 2. The van der Waals surface area contributed by atoms with E-state index in [1.165, 1.54) is 25.2 Å². The topological polar surface area (TPSA) is 78.4 Å². The Labute approximate surface area is 197 Å². The molecular weight excluding hydrogens is 416 g/mol. The Morgan fingerprint density at radius 1 is 0.970 bits per heavy atom. The Hall–Kier alpha value is -3.02. The lowest BCUT2D eigenvalue weighted by molar-refractivity contribution is -0.148. The van der Waals surface area contributed by atoms with Crippen LogP contribution in [0.15, 0.2) is 48.8 Å². The summed E-state index contributed by atoms with van der Waals surface area (Å²) < 4.78 is 10.6. The van der Waals surface area contributed by atoms with Crippen molar-refractivity contribution in [3.63, 3.8) is 0 Å². The van der Waals surface area contributed by atoms with E-state index in [2.05, 4.69) is 29.0 Å². The molecule has 0 saturated carbocycles. The van der Waals surface area contributed by atoms with Crippen molar-refractivity contribution in [1.29, 1.82) is 0 Å². The number of hydrogen-bond acceptors (Lipinski definition) is 6. The quantitative estimate of drug-likeness (QED) is 0.192. The molecule has 1 heterocycles. The van der Waals surface area contributed by atoms with Crippen molar-refractivity contribution in [2.75, 3.05) is 0 Å². The van der Waals surface area contributed by atoms with E-state index < -0.39 is 0 Å². The molecule has 2 aromatic rings. The third-order valence-corrected chi connectivity index (χ3v) is 5.18. The number of ether oxygens (including phenoxy) is 2. The summed E-state index contributed by atoms with van der Waals surface area (Å²) in [6.45, 7) is 5.88. The van der Waals surface area contributed by atoms with Crippen molar-refractivity contribution in [2.24, 2.45) is 0 Å². The smallest absolute Gasteiger partial charge is 0.311 e. The van der Waals surface area contributed by atoms with Gasteiger partial charge in [0.15, 0.2) is 11.6 Å². The Bertz CT molecular complexity index is 876. The lowest BCUT2D eigenvalue weighted by Gasteiger charge is -2.12. The second-order valence-electron chi connectivity index (χ2n) is 8.11. The molecule has 6 heteroatoms. The maximum Gasteiger partial charge on any atom is 0.311 e. The van der Waals surface area contributed by atoms with Crippen LogP contribution >= 0.6 is 0 Å². The Morgan fingerprint density at radius 3 is 2.27 bits per heavy atom. The van der Waals surface area contributed by atoms with Crippen LogP contribution in [0.5, 0.6) is 5.75 Å². The van der Waals surface area contributed by atoms with Gasteiger partial charge >= 0.3 is 11.9 Å². The minimum atomic E-state index is -0.267. The van der Waals surface area contributed by atoms with Gasteiger partial charge in [-0.2, -0.15) is 0 Å². The van der Waals surface area contributed by atoms with Gasteiger partial charge in [0, 0.05) is 18.4 Å². The van der Waals surface area contributed by atoms with Crippen molar-refractivity contribution in [1.82, 2.24) is 9.97 Å². The first kappa shape index (κ1) is 26.2. The van der Waals surface area contributed by atoms with Crippen molar-refractivity contribution < 1.29 is 19.1 Å². The van der Waals surface area contributed by atoms with Crippen LogP contribution in [0.3, 0.4) is 0 Å². The number of rotatable bonds is 14. The molecule has 1 unspecified atom stereocenters. The van der Waals surface area contributed by atoms with Crippen LogP contribution in [0.1, 0.15) is 77.7 Å². The van der Waals surface area contributed by atoms with Crippen LogP contribution in [-0.4, -0.2) is 28.0 Å². The number of esters is 2. The summed E-state index contributed by atoms with van der Waals surface area (Å²) >= 11 is 0. The molecule has 0 spiro atoms. The zero-order valence-corrected chi connectivity index (χ0v) is 20.1. The zero-order valence-electron chi connectivity index (χ0n) is 20.1. The van der Waals surface area contributed by atoms with E-state index in [1.807, 2.05) is 31.2 Å². The van der Waals surface area contributed by atoms with Gasteiger partial charge in [0.05, 0.1) is 18.5 Å². The number of allylic oxidation sites excluding steroid dienone is 2. The predicted molar refractivity (Wildman–Crippen MR) is 130 cm³/mol. The van der Waals surface area contributed by atoms with Gasteiger partial charge in [0.25, 0.3) is 0 Å². The first-order valence-corrected chi connectivity index (χ1v) is 12.0. The zero-order chi connectivity index (χ0) is 23.9. The number of benzene rings is 1. The maximum absolute atomic E-state index is 12.0. The summed E-state index contributed by atoms with van der Waals surface area (Å²) in [6.07, 6.45) is 14.8. The van der Waals surface area contributed by atoms with Gasteiger partial charge in [-0.3, -0.25) is 9.59 Å².